The van der Waals surface area contributed by atoms with Crippen LogP contribution >= 0.6 is 0 Å². The highest BCUT2D eigenvalue weighted by molar-refractivity contribution is 5.42. The van der Waals surface area contributed by atoms with Crippen LogP contribution < -0.4 is 0 Å². The third kappa shape index (κ3) is 2.31. The molecule has 1 saturated carbocycles. The minimum atomic E-state index is -0.584. The zero-order chi connectivity index (χ0) is 14.2. The van der Waals surface area contributed by atoms with E-state index in [4.69, 9.17) is 9.47 Å². The van der Waals surface area contributed by atoms with Gasteiger partial charge in [-0.05, 0) is 25.8 Å². The number of nitrogens with zero attached hydrogens (tertiary/aromatic N) is 1. The molecule has 0 bridgehead atoms. The van der Waals surface area contributed by atoms with Gasteiger partial charge in [-0.1, -0.05) is 18.6 Å². The number of benzene rings is 1. The third-order valence-corrected chi connectivity index (χ3v) is 4.10. The molecule has 1 aliphatic carbocycles. The van der Waals surface area contributed by atoms with E-state index in [-0.39, 0.29) is 10.6 Å². The Morgan fingerprint density at radius 2 is 1.90 bits per heavy atom. The van der Waals surface area contributed by atoms with Gasteiger partial charge in [0, 0.05) is 18.9 Å². The number of hydrogen-bond acceptors (Lipinski definition) is 4. The van der Waals surface area contributed by atoms with Gasteiger partial charge >= 0.3 is 0 Å². The first-order valence-electron chi connectivity index (χ1n) is 7.03. The lowest BCUT2D eigenvalue weighted by atomic mass is 9.94. The Morgan fingerprint density at radius 3 is 2.60 bits per heavy atom. The molecule has 1 radical (unpaired) electrons. The van der Waals surface area contributed by atoms with E-state index in [2.05, 4.69) is 6.92 Å². The van der Waals surface area contributed by atoms with E-state index >= 15 is 0 Å². The Bertz CT molecular complexity index is 510. The van der Waals surface area contributed by atoms with Crippen molar-refractivity contribution in [3.63, 3.8) is 0 Å². The second-order valence-corrected chi connectivity index (χ2v) is 5.48. The third-order valence-electron chi connectivity index (χ3n) is 4.10. The van der Waals surface area contributed by atoms with Crippen LogP contribution in [-0.2, 0) is 9.47 Å². The fourth-order valence-corrected chi connectivity index (χ4v) is 3.16. The molecule has 3 rings (SSSR count). The molecule has 20 heavy (non-hydrogen) atoms. The molecule has 2 aliphatic rings. The molecule has 1 spiro atoms. The van der Waals surface area contributed by atoms with Crippen LogP contribution in [0.3, 0.4) is 0 Å². The highest BCUT2D eigenvalue weighted by Crippen LogP contribution is 2.47. The molecule has 0 unspecified atom stereocenters. The van der Waals surface area contributed by atoms with Crippen molar-refractivity contribution >= 4 is 5.69 Å². The monoisotopic (exact) mass is 276 g/mol. The smallest absolute Gasteiger partial charge is 0.275 e. The molecule has 2 atom stereocenters. The van der Waals surface area contributed by atoms with Crippen LogP contribution in [0.5, 0.6) is 0 Å². The van der Waals surface area contributed by atoms with Gasteiger partial charge in [0.25, 0.3) is 5.69 Å². The maximum atomic E-state index is 11.1. The van der Waals surface area contributed by atoms with Crippen molar-refractivity contribution in [2.24, 2.45) is 0 Å². The van der Waals surface area contributed by atoms with Gasteiger partial charge in [0.2, 0.25) is 0 Å². The Morgan fingerprint density at radius 1 is 1.20 bits per heavy atom. The summed E-state index contributed by atoms with van der Waals surface area (Å²) in [4.78, 5) is 10.8. The van der Waals surface area contributed by atoms with Crippen LogP contribution in [0.25, 0.3) is 0 Å². The van der Waals surface area contributed by atoms with E-state index in [1.54, 1.807) is 18.2 Å². The zero-order valence-electron chi connectivity index (χ0n) is 11.3. The molecule has 1 aromatic carbocycles. The first kappa shape index (κ1) is 13.5. The molecule has 0 aromatic heterocycles. The number of nitro groups is 1. The fourth-order valence-electron chi connectivity index (χ4n) is 3.16. The summed E-state index contributed by atoms with van der Waals surface area (Å²) in [7, 11) is 0. The fraction of sp³-hybridized carbons (Fsp3) is 0.533. The van der Waals surface area contributed by atoms with Crippen molar-refractivity contribution < 1.29 is 14.4 Å². The van der Waals surface area contributed by atoms with E-state index in [0.29, 0.717) is 5.56 Å². The zero-order valence-corrected chi connectivity index (χ0v) is 11.3. The van der Waals surface area contributed by atoms with Crippen molar-refractivity contribution in [3.05, 3.63) is 46.9 Å². The summed E-state index contributed by atoms with van der Waals surface area (Å²) < 4.78 is 12.0. The van der Waals surface area contributed by atoms with Gasteiger partial charge in [0.1, 0.15) is 6.10 Å². The average molecular weight is 276 g/mol. The predicted octanol–water partition coefficient (Wildman–Crippen LogP) is 3.55. The summed E-state index contributed by atoms with van der Waals surface area (Å²) in [5.41, 5.74) is 0.627. The molecule has 1 aliphatic heterocycles. The second kappa shape index (κ2) is 5.14. The van der Waals surface area contributed by atoms with Crippen LogP contribution in [0.1, 0.15) is 43.8 Å². The lowest BCUT2D eigenvalue weighted by Crippen LogP contribution is -2.33. The molecule has 1 saturated heterocycles. The number of para-hydroxylation sites is 1. The van der Waals surface area contributed by atoms with Crippen molar-refractivity contribution in [2.45, 2.75) is 50.1 Å². The van der Waals surface area contributed by atoms with Crippen molar-refractivity contribution in [1.29, 1.82) is 0 Å². The Balaban J connectivity index is 1.89. The Hall–Kier alpha value is -1.46. The summed E-state index contributed by atoms with van der Waals surface area (Å²) in [6, 6.07) is 6.67. The Labute approximate surface area is 118 Å². The summed E-state index contributed by atoms with van der Waals surface area (Å²) >= 11 is 0. The molecule has 0 amide bonds. The van der Waals surface area contributed by atoms with Gasteiger partial charge in [0.15, 0.2) is 5.79 Å². The highest BCUT2D eigenvalue weighted by Gasteiger charge is 2.48. The molecular formula is C15H18NO4. The van der Waals surface area contributed by atoms with E-state index in [1.165, 1.54) is 12.5 Å². The number of hydrogen-bond donors (Lipinski definition) is 0. The van der Waals surface area contributed by atoms with Crippen LogP contribution in [0, 0.1) is 17.0 Å². The Kier molecular flexibility index (Phi) is 3.48. The van der Waals surface area contributed by atoms with E-state index < -0.39 is 18.0 Å². The van der Waals surface area contributed by atoms with Crippen molar-refractivity contribution in [1.82, 2.24) is 0 Å². The average Bonchev–Trinajstić information content (AvgIpc) is 2.76. The maximum absolute atomic E-state index is 11.1. The number of nitro benzene ring substituents is 1. The summed E-state index contributed by atoms with van der Waals surface area (Å²) in [6.07, 6.45) is 4.13. The first-order valence-corrected chi connectivity index (χ1v) is 7.03. The van der Waals surface area contributed by atoms with Gasteiger partial charge < -0.3 is 9.47 Å². The number of rotatable bonds is 2. The van der Waals surface area contributed by atoms with Gasteiger partial charge in [-0.2, -0.15) is 0 Å². The topological polar surface area (TPSA) is 61.6 Å². The highest BCUT2D eigenvalue weighted by atomic mass is 16.8. The van der Waals surface area contributed by atoms with Crippen LogP contribution in [-0.4, -0.2) is 16.8 Å². The summed E-state index contributed by atoms with van der Waals surface area (Å²) in [5, 5.41) is 11.1. The minimum Gasteiger partial charge on any atom is -0.344 e. The summed E-state index contributed by atoms with van der Waals surface area (Å²) in [6.45, 7) is 3.98. The molecule has 5 nitrogen and oxygen atoms in total. The van der Waals surface area contributed by atoms with Crippen molar-refractivity contribution in [3.8, 4) is 0 Å². The van der Waals surface area contributed by atoms with Crippen LogP contribution in [0.15, 0.2) is 24.3 Å². The lowest BCUT2D eigenvalue weighted by Gasteiger charge is -2.31. The van der Waals surface area contributed by atoms with E-state index in [0.717, 1.165) is 25.7 Å². The van der Waals surface area contributed by atoms with E-state index in [9.17, 15) is 10.1 Å². The van der Waals surface area contributed by atoms with Crippen molar-refractivity contribution in [2.75, 3.05) is 0 Å². The standard InChI is InChI=1S/C15H18NO4/c1-11-14(12-7-3-4-8-13(12)16(17)18)20-15(19-11)9-5-2-6-10-15/h3-4,7-8,11,14H,1-2,5-6,9-10H2/t11-,14+/m0/s1. The molecular weight excluding hydrogens is 258 g/mol. The van der Waals surface area contributed by atoms with Gasteiger partial charge in [0.05, 0.1) is 16.6 Å². The minimum absolute atomic E-state index is 0.0719. The van der Waals surface area contributed by atoms with Crippen LogP contribution in [0.2, 0.25) is 0 Å². The molecule has 1 heterocycles. The molecule has 1 aromatic rings. The normalized spacial score (nSPS) is 28.6. The van der Waals surface area contributed by atoms with Gasteiger partial charge in [-0.3, -0.25) is 10.1 Å². The van der Waals surface area contributed by atoms with Gasteiger partial charge in [-0.15, -0.1) is 0 Å². The van der Waals surface area contributed by atoms with Gasteiger partial charge in [-0.25, -0.2) is 0 Å². The molecule has 107 valence electrons. The summed E-state index contributed by atoms with van der Waals surface area (Å²) in [5.74, 6) is -0.584. The second-order valence-electron chi connectivity index (χ2n) is 5.48. The van der Waals surface area contributed by atoms with E-state index in [1.807, 2.05) is 0 Å². The molecule has 2 fully saturated rings. The predicted molar refractivity (Wildman–Crippen MR) is 73.0 cm³/mol. The lowest BCUT2D eigenvalue weighted by molar-refractivity contribution is -0.386. The maximum Gasteiger partial charge on any atom is 0.275 e. The quantitative estimate of drug-likeness (QED) is 0.612. The van der Waals surface area contributed by atoms with Crippen LogP contribution in [0.4, 0.5) is 5.69 Å². The SMILES string of the molecule is [CH2][C@@H]1OC2(CCCCC2)O[C@H]1c1ccccc1[N+](=O)[O-]. The largest absolute Gasteiger partial charge is 0.344 e. The number of ether oxygens (including phenoxy) is 2. The molecule has 5 heteroatoms. The molecule has 0 N–H and O–H groups in total. The first-order chi connectivity index (χ1) is 9.61.